The number of carbonyl (C=O) groups excluding carboxylic acids is 1. The molecular weight excluding hydrogens is 374 g/mol. The topological polar surface area (TPSA) is 69.2 Å². The zero-order valence-electron chi connectivity index (χ0n) is 17.0. The molecule has 3 rings (SSSR count). The zero-order valence-corrected chi connectivity index (χ0v) is 17.8. The Kier molecular flexibility index (Phi) is 8.12. The van der Waals surface area contributed by atoms with Gasteiger partial charge in [0, 0.05) is 58.1 Å². The molecule has 0 aliphatic carbocycles. The molecule has 0 saturated carbocycles. The van der Waals surface area contributed by atoms with E-state index in [1.54, 1.807) is 7.05 Å². The fraction of sp³-hybridized carbons (Fsp3) is 0.700. The highest BCUT2D eigenvalue weighted by atomic mass is 32.1. The minimum absolute atomic E-state index is 0.144. The summed E-state index contributed by atoms with van der Waals surface area (Å²) in [6.45, 7) is 6.27. The molecule has 1 unspecified atom stereocenters. The number of piperidine rings is 1. The summed E-state index contributed by atoms with van der Waals surface area (Å²) >= 11 is 1.81. The lowest BCUT2D eigenvalue weighted by molar-refractivity contribution is -0.121. The monoisotopic (exact) mass is 407 g/mol. The van der Waals surface area contributed by atoms with Gasteiger partial charge in [-0.25, -0.2) is 0 Å². The number of rotatable bonds is 6. The highest BCUT2D eigenvalue weighted by Crippen LogP contribution is 2.26. The highest BCUT2D eigenvalue weighted by Gasteiger charge is 2.26. The first-order valence-electron chi connectivity index (χ1n) is 10.2. The maximum Gasteiger partial charge on any atom is 0.220 e. The second-order valence-corrected chi connectivity index (χ2v) is 8.39. The Morgan fingerprint density at radius 1 is 1.32 bits per heavy atom. The van der Waals surface area contributed by atoms with E-state index in [9.17, 15) is 4.79 Å². The van der Waals surface area contributed by atoms with E-state index >= 15 is 0 Å². The minimum atomic E-state index is 0.144. The Morgan fingerprint density at radius 3 is 2.68 bits per heavy atom. The summed E-state index contributed by atoms with van der Waals surface area (Å²) in [7, 11) is 3.57. The van der Waals surface area contributed by atoms with Gasteiger partial charge in [0.05, 0.1) is 19.3 Å². The Labute approximate surface area is 172 Å². The summed E-state index contributed by atoms with van der Waals surface area (Å²) in [6.07, 6.45) is 2.70. The van der Waals surface area contributed by atoms with Gasteiger partial charge in [-0.1, -0.05) is 6.07 Å². The average molecular weight is 408 g/mol. The van der Waals surface area contributed by atoms with E-state index < -0.39 is 0 Å². The Bertz CT molecular complexity index is 623. The molecule has 1 amide bonds. The van der Waals surface area contributed by atoms with E-state index in [0.29, 0.717) is 18.4 Å². The van der Waals surface area contributed by atoms with Crippen LogP contribution < -0.4 is 10.6 Å². The first-order valence-corrected chi connectivity index (χ1v) is 11.1. The number of nitrogens with zero attached hydrogens (tertiary/aromatic N) is 3. The number of aliphatic imine (C=N–C) groups is 1. The molecule has 2 aliphatic heterocycles. The Morgan fingerprint density at radius 2 is 2.07 bits per heavy atom. The van der Waals surface area contributed by atoms with Gasteiger partial charge in [0.1, 0.15) is 0 Å². The van der Waals surface area contributed by atoms with Crippen LogP contribution in [0.4, 0.5) is 0 Å². The van der Waals surface area contributed by atoms with E-state index in [1.807, 2.05) is 18.4 Å². The van der Waals surface area contributed by atoms with Crippen LogP contribution in [0.1, 0.15) is 30.2 Å². The lowest BCUT2D eigenvalue weighted by atomic mass is 9.93. The van der Waals surface area contributed by atoms with E-state index in [0.717, 1.165) is 64.7 Å². The number of hydrogen-bond donors (Lipinski definition) is 2. The molecule has 2 fully saturated rings. The number of ether oxygens (including phenoxy) is 1. The van der Waals surface area contributed by atoms with Crippen molar-refractivity contribution in [2.45, 2.75) is 25.3 Å². The van der Waals surface area contributed by atoms with Gasteiger partial charge in [-0.3, -0.25) is 14.7 Å². The van der Waals surface area contributed by atoms with Crippen LogP contribution in [0, 0.1) is 5.92 Å². The summed E-state index contributed by atoms with van der Waals surface area (Å²) in [6, 6.07) is 4.69. The van der Waals surface area contributed by atoms with Crippen molar-refractivity contribution in [3.63, 3.8) is 0 Å². The first kappa shape index (κ1) is 21.1. The molecule has 1 aromatic heterocycles. The molecule has 28 heavy (non-hydrogen) atoms. The summed E-state index contributed by atoms with van der Waals surface area (Å²) in [5.41, 5.74) is 0. The van der Waals surface area contributed by atoms with Crippen molar-refractivity contribution in [2.75, 3.05) is 60.0 Å². The van der Waals surface area contributed by atoms with Crippen molar-refractivity contribution in [2.24, 2.45) is 10.9 Å². The molecule has 2 saturated heterocycles. The molecule has 8 heteroatoms. The van der Waals surface area contributed by atoms with Crippen molar-refractivity contribution in [3.8, 4) is 0 Å². The van der Waals surface area contributed by atoms with E-state index in [-0.39, 0.29) is 5.91 Å². The predicted octanol–water partition coefficient (Wildman–Crippen LogP) is 1.54. The number of guanidine groups is 1. The van der Waals surface area contributed by atoms with Crippen LogP contribution >= 0.6 is 11.3 Å². The van der Waals surface area contributed by atoms with Gasteiger partial charge in [0.2, 0.25) is 5.91 Å². The van der Waals surface area contributed by atoms with Gasteiger partial charge >= 0.3 is 0 Å². The molecule has 156 valence electrons. The van der Waals surface area contributed by atoms with Gasteiger partial charge in [-0.05, 0) is 30.2 Å². The second kappa shape index (κ2) is 10.8. The summed E-state index contributed by atoms with van der Waals surface area (Å²) in [5, 5.41) is 8.49. The Balaban J connectivity index is 1.54. The first-order chi connectivity index (χ1) is 13.7. The minimum Gasteiger partial charge on any atom is -0.379 e. The van der Waals surface area contributed by atoms with Gasteiger partial charge < -0.3 is 20.3 Å². The molecular formula is C20H33N5O2S. The van der Waals surface area contributed by atoms with Crippen molar-refractivity contribution in [3.05, 3.63) is 22.4 Å². The van der Waals surface area contributed by atoms with Gasteiger partial charge in [0.25, 0.3) is 0 Å². The third-order valence-corrected chi connectivity index (χ3v) is 6.66. The molecule has 7 nitrogen and oxygen atoms in total. The molecule has 2 N–H and O–H groups in total. The van der Waals surface area contributed by atoms with Crippen LogP contribution in [0.3, 0.4) is 0 Å². The molecule has 2 aliphatic rings. The number of nitrogens with one attached hydrogen (secondary N) is 2. The zero-order chi connectivity index (χ0) is 19.8. The smallest absolute Gasteiger partial charge is 0.220 e. The van der Waals surface area contributed by atoms with E-state index in [2.05, 4.69) is 42.9 Å². The van der Waals surface area contributed by atoms with Crippen LogP contribution in [-0.4, -0.2) is 81.7 Å². The summed E-state index contributed by atoms with van der Waals surface area (Å²) in [4.78, 5) is 22.4. The van der Waals surface area contributed by atoms with Crippen LogP contribution in [0.15, 0.2) is 22.5 Å². The number of amides is 1. The SMILES string of the molecule is CN=C(NCC(c1cccs1)N1CCOCC1)N1CCC(CC(=O)NC)CC1. The second-order valence-electron chi connectivity index (χ2n) is 7.42. The number of hydrogen-bond acceptors (Lipinski definition) is 5. The lowest BCUT2D eigenvalue weighted by Crippen LogP contribution is -2.49. The number of carbonyl (C=O) groups is 1. The average Bonchev–Trinajstić information content (AvgIpc) is 3.27. The van der Waals surface area contributed by atoms with Crippen molar-refractivity contribution in [1.29, 1.82) is 0 Å². The quantitative estimate of drug-likeness (QED) is 0.553. The normalized spacial score (nSPS) is 20.8. The molecule has 3 heterocycles. The predicted molar refractivity (Wildman–Crippen MR) is 114 cm³/mol. The highest BCUT2D eigenvalue weighted by molar-refractivity contribution is 7.10. The van der Waals surface area contributed by atoms with Crippen molar-refractivity contribution in [1.82, 2.24) is 20.4 Å². The van der Waals surface area contributed by atoms with E-state index in [4.69, 9.17) is 4.74 Å². The third kappa shape index (κ3) is 5.68. The lowest BCUT2D eigenvalue weighted by Gasteiger charge is -2.37. The van der Waals surface area contributed by atoms with Crippen LogP contribution in [-0.2, 0) is 9.53 Å². The maximum atomic E-state index is 11.6. The maximum absolute atomic E-state index is 11.6. The molecule has 0 aromatic carbocycles. The molecule has 0 bridgehead atoms. The molecule has 0 spiro atoms. The molecule has 1 aromatic rings. The van der Waals surface area contributed by atoms with Crippen molar-refractivity contribution >= 4 is 23.2 Å². The number of morpholine rings is 1. The van der Waals surface area contributed by atoms with Gasteiger partial charge in [-0.2, -0.15) is 0 Å². The summed E-state index contributed by atoms with van der Waals surface area (Å²) < 4.78 is 5.54. The summed E-state index contributed by atoms with van der Waals surface area (Å²) in [5.74, 6) is 1.58. The Hall–Kier alpha value is -1.64. The largest absolute Gasteiger partial charge is 0.379 e. The standard InChI is InChI=1S/C20H33N5O2S/c1-21-19(26)14-16-5-7-25(8-6-16)20(22-2)23-15-17(18-4-3-13-28-18)24-9-11-27-12-10-24/h3-4,13,16-17H,5-12,14-15H2,1-2H3,(H,21,26)(H,22,23). The number of thiophene rings is 1. The van der Waals surface area contributed by atoms with E-state index in [1.165, 1.54) is 4.88 Å². The van der Waals surface area contributed by atoms with Gasteiger partial charge in [0.15, 0.2) is 5.96 Å². The van der Waals surface area contributed by atoms with Gasteiger partial charge in [-0.15, -0.1) is 11.3 Å². The molecule has 0 radical (unpaired) electrons. The number of likely N-dealkylation sites (tertiary alicyclic amines) is 1. The van der Waals surface area contributed by atoms with Crippen LogP contribution in [0.25, 0.3) is 0 Å². The van der Waals surface area contributed by atoms with Crippen LogP contribution in [0.2, 0.25) is 0 Å². The fourth-order valence-corrected chi connectivity index (χ4v) is 4.87. The molecule has 1 atom stereocenters. The van der Waals surface area contributed by atoms with Crippen LogP contribution in [0.5, 0.6) is 0 Å². The fourth-order valence-electron chi connectivity index (χ4n) is 4.01. The van der Waals surface area contributed by atoms with Crippen molar-refractivity contribution < 1.29 is 9.53 Å². The third-order valence-electron chi connectivity index (χ3n) is 5.69.